The van der Waals surface area contributed by atoms with Crippen LogP contribution in [0.3, 0.4) is 0 Å². The van der Waals surface area contributed by atoms with E-state index in [1.54, 1.807) is 6.07 Å². The molecule has 0 bridgehead atoms. The van der Waals surface area contributed by atoms with E-state index in [9.17, 15) is 4.79 Å². The van der Waals surface area contributed by atoms with E-state index in [1.807, 2.05) is 12.1 Å². The number of hydrogen-bond donors (Lipinski definition) is 1. The van der Waals surface area contributed by atoms with Gasteiger partial charge >= 0.3 is 0 Å². The van der Waals surface area contributed by atoms with Crippen molar-refractivity contribution in [1.82, 2.24) is 10.1 Å². The minimum Gasteiger partial charge on any atom is -0.350 e. The first kappa shape index (κ1) is 16.6. The van der Waals surface area contributed by atoms with Crippen molar-refractivity contribution in [1.29, 1.82) is 0 Å². The van der Waals surface area contributed by atoms with E-state index in [1.165, 1.54) is 5.01 Å². The van der Waals surface area contributed by atoms with Gasteiger partial charge in [0, 0.05) is 19.4 Å². The quantitative estimate of drug-likeness (QED) is 0.640. The molecule has 10 heteroatoms. The molecule has 0 saturated carbocycles. The van der Waals surface area contributed by atoms with E-state index in [-0.39, 0.29) is 0 Å². The predicted molar refractivity (Wildman–Crippen MR) is 90.0 cm³/mol. The summed E-state index contributed by atoms with van der Waals surface area (Å²) in [6.45, 7) is 0.629. The number of hydroxylamine groups is 1. The number of ether oxygens (including phenoxy) is 1. The zero-order valence-electron chi connectivity index (χ0n) is 13.1. The van der Waals surface area contributed by atoms with Gasteiger partial charge in [0.05, 0.1) is 28.1 Å². The van der Waals surface area contributed by atoms with Crippen LogP contribution in [0.15, 0.2) is 39.9 Å². The standard InChI is InChI=1S/C15H15Cl2N5O3/c16-11-5-3-4-9-8-10(14-18-20-22(17)21(14)13(9)11)15(23)19-25-12-6-1-2-7-24-12/h3-5,12H,1-2,6-8H2,(H,19,23). The second kappa shape index (κ2) is 6.80. The maximum atomic E-state index is 12.6. The van der Waals surface area contributed by atoms with Crippen molar-refractivity contribution in [2.24, 2.45) is 10.3 Å². The summed E-state index contributed by atoms with van der Waals surface area (Å²) in [4.78, 5) is 18.0. The van der Waals surface area contributed by atoms with Gasteiger partial charge in [0.1, 0.15) is 0 Å². The number of halogens is 2. The highest BCUT2D eigenvalue weighted by molar-refractivity contribution is 6.33. The van der Waals surface area contributed by atoms with Crippen LogP contribution in [0.5, 0.6) is 0 Å². The Hall–Kier alpha value is -1.87. The Balaban J connectivity index is 1.57. The van der Waals surface area contributed by atoms with E-state index in [2.05, 4.69) is 15.8 Å². The van der Waals surface area contributed by atoms with Crippen LogP contribution < -0.4 is 10.5 Å². The number of hydrogen-bond acceptors (Lipinski definition) is 7. The molecule has 3 heterocycles. The molecule has 25 heavy (non-hydrogen) atoms. The number of rotatable bonds is 3. The number of anilines is 1. The Kier molecular flexibility index (Phi) is 4.51. The highest BCUT2D eigenvalue weighted by Crippen LogP contribution is 2.43. The molecule has 3 aliphatic rings. The van der Waals surface area contributed by atoms with Gasteiger partial charge in [0.15, 0.2) is 12.1 Å². The van der Waals surface area contributed by atoms with Gasteiger partial charge in [-0.15, -0.1) is 5.11 Å². The number of amides is 1. The van der Waals surface area contributed by atoms with Gasteiger partial charge in [-0.05, 0) is 29.7 Å². The lowest BCUT2D eigenvalue weighted by Crippen LogP contribution is -2.38. The molecular formula is C15H15Cl2N5O3. The summed E-state index contributed by atoms with van der Waals surface area (Å²) in [7, 11) is 0. The number of nitrogens with one attached hydrogen (secondary N) is 1. The Labute approximate surface area is 154 Å². The summed E-state index contributed by atoms with van der Waals surface area (Å²) in [5, 5.41) is 9.78. The van der Waals surface area contributed by atoms with Crippen LogP contribution >= 0.6 is 23.4 Å². The molecule has 1 unspecified atom stereocenters. The zero-order chi connectivity index (χ0) is 17.4. The number of carbonyl (C=O) groups excluding carboxylic acids is 1. The molecule has 1 amide bonds. The van der Waals surface area contributed by atoms with E-state index < -0.39 is 12.2 Å². The van der Waals surface area contributed by atoms with Crippen molar-refractivity contribution in [2.45, 2.75) is 32.0 Å². The lowest BCUT2D eigenvalue weighted by molar-refractivity contribution is -0.198. The van der Waals surface area contributed by atoms with Gasteiger partial charge < -0.3 is 4.74 Å². The van der Waals surface area contributed by atoms with Crippen LogP contribution in [0.25, 0.3) is 0 Å². The van der Waals surface area contributed by atoms with Crippen molar-refractivity contribution >= 4 is 35.0 Å². The summed E-state index contributed by atoms with van der Waals surface area (Å²) >= 11 is 12.4. The van der Waals surface area contributed by atoms with E-state index in [0.29, 0.717) is 35.1 Å². The first-order valence-electron chi connectivity index (χ1n) is 7.91. The lowest BCUT2D eigenvalue weighted by Gasteiger charge is -2.30. The van der Waals surface area contributed by atoms with Crippen molar-refractivity contribution in [3.8, 4) is 0 Å². The van der Waals surface area contributed by atoms with Crippen LogP contribution in [0.2, 0.25) is 5.02 Å². The SMILES string of the molecule is O=C(NOC1CCCCO1)C1=C2N=NN(Cl)N2c2c(Cl)cccc2C1. The molecule has 1 saturated heterocycles. The van der Waals surface area contributed by atoms with Gasteiger partial charge in [-0.2, -0.15) is 5.01 Å². The van der Waals surface area contributed by atoms with Crippen molar-refractivity contribution in [2.75, 3.05) is 11.6 Å². The van der Waals surface area contributed by atoms with Gasteiger partial charge in [-0.1, -0.05) is 28.4 Å². The minimum absolute atomic E-state index is 0.321. The molecule has 8 nitrogen and oxygen atoms in total. The van der Waals surface area contributed by atoms with Crippen LogP contribution in [0.4, 0.5) is 5.69 Å². The molecule has 132 valence electrons. The van der Waals surface area contributed by atoms with E-state index in [0.717, 1.165) is 29.5 Å². The third-order valence-corrected chi connectivity index (χ3v) is 4.72. The van der Waals surface area contributed by atoms with Crippen LogP contribution in [-0.4, -0.2) is 23.4 Å². The average molecular weight is 384 g/mol. The lowest BCUT2D eigenvalue weighted by atomic mass is 9.99. The van der Waals surface area contributed by atoms with Crippen molar-refractivity contribution in [3.63, 3.8) is 0 Å². The Morgan fingerprint density at radius 1 is 1.40 bits per heavy atom. The minimum atomic E-state index is -0.431. The highest BCUT2D eigenvalue weighted by atomic mass is 35.5. The van der Waals surface area contributed by atoms with Crippen molar-refractivity contribution < 1.29 is 14.4 Å². The molecule has 0 aliphatic carbocycles. The summed E-state index contributed by atoms with van der Waals surface area (Å²) in [5.74, 6) is -0.0908. The topological polar surface area (TPSA) is 78.8 Å². The molecule has 1 N–H and O–H groups in total. The number of hydrazine groups is 1. The smallest absolute Gasteiger partial charge is 0.275 e. The number of carbonyl (C=O) groups is 1. The molecule has 1 fully saturated rings. The number of para-hydroxylation sites is 1. The second-order valence-electron chi connectivity index (χ2n) is 5.81. The summed E-state index contributed by atoms with van der Waals surface area (Å²) in [5.41, 5.74) is 4.34. The fourth-order valence-corrected chi connectivity index (χ4v) is 3.45. The number of fused-ring (bicyclic) bond motifs is 3. The van der Waals surface area contributed by atoms with Gasteiger partial charge in [0.2, 0.25) is 0 Å². The fourth-order valence-electron chi connectivity index (χ4n) is 2.99. The van der Waals surface area contributed by atoms with Crippen molar-refractivity contribution in [3.05, 3.63) is 40.2 Å². The summed E-state index contributed by atoms with van der Waals surface area (Å²) < 4.78 is 6.46. The first-order chi connectivity index (χ1) is 12.1. The predicted octanol–water partition coefficient (Wildman–Crippen LogP) is 3.24. The molecule has 4 rings (SSSR count). The molecule has 3 aliphatic heterocycles. The van der Waals surface area contributed by atoms with E-state index in [4.69, 9.17) is 33.0 Å². The number of benzene rings is 1. The first-order valence-corrected chi connectivity index (χ1v) is 8.62. The van der Waals surface area contributed by atoms with Gasteiger partial charge in [0.25, 0.3) is 5.91 Å². The third kappa shape index (κ3) is 3.06. The maximum Gasteiger partial charge on any atom is 0.275 e. The Bertz CT molecular complexity index is 764. The fraction of sp³-hybridized carbons (Fsp3) is 0.400. The largest absolute Gasteiger partial charge is 0.350 e. The molecule has 0 radical (unpaired) electrons. The molecule has 1 aromatic rings. The number of nitrogens with zero attached hydrogens (tertiary/aromatic N) is 4. The monoisotopic (exact) mass is 383 g/mol. The summed E-state index contributed by atoms with van der Waals surface area (Å²) in [6, 6.07) is 5.44. The summed E-state index contributed by atoms with van der Waals surface area (Å²) in [6.07, 6.45) is 2.66. The average Bonchev–Trinajstić information content (AvgIpc) is 3.02. The molecular weight excluding hydrogens is 369 g/mol. The van der Waals surface area contributed by atoms with Gasteiger partial charge in [-0.25, -0.2) is 10.3 Å². The van der Waals surface area contributed by atoms with Crippen LogP contribution in [0.1, 0.15) is 24.8 Å². The molecule has 0 spiro atoms. The molecule has 0 aromatic heterocycles. The highest BCUT2D eigenvalue weighted by Gasteiger charge is 2.37. The molecule has 1 aromatic carbocycles. The molecule has 1 atom stereocenters. The maximum absolute atomic E-state index is 12.6. The van der Waals surface area contributed by atoms with E-state index >= 15 is 0 Å². The van der Waals surface area contributed by atoms with Crippen LogP contribution in [0, 0.1) is 0 Å². The van der Waals surface area contributed by atoms with Gasteiger partial charge in [-0.3, -0.25) is 4.79 Å². The Morgan fingerprint density at radius 2 is 2.28 bits per heavy atom. The normalized spacial score (nSPS) is 22.1. The zero-order valence-corrected chi connectivity index (χ0v) is 14.6. The second-order valence-corrected chi connectivity index (χ2v) is 6.52. The van der Waals surface area contributed by atoms with Crippen LogP contribution in [-0.2, 0) is 20.8 Å². The third-order valence-electron chi connectivity index (χ3n) is 4.19. The Morgan fingerprint density at radius 3 is 3.08 bits per heavy atom.